The Kier molecular flexibility index (Phi) is 5.08. The molecule has 0 aliphatic heterocycles. The number of rotatable bonds is 4. The van der Waals surface area contributed by atoms with Crippen LogP contribution in [0.4, 0.5) is 4.39 Å². The molecule has 0 aliphatic rings. The smallest absolute Gasteiger partial charge is 0.161 e. The number of halogens is 3. The molecule has 0 heterocycles. The second-order valence-corrected chi connectivity index (χ2v) is 5.66. The largest absolute Gasteiger partial charge is 0.493 e. The monoisotopic (exact) mass is 373 g/mol. The third-order valence-electron chi connectivity index (χ3n) is 3.14. The van der Waals surface area contributed by atoms with E-state index in [9.17, 15) is 4.39 Å². The van der Waals surface area contributed by atoms with Gasteiger partial charge in [-0.25, -0.2) is 4.39 Å². The van der Waals surface area contributed by atoms with Crippen LogP contribution >= 0.6 is 27.5 Å². The molecule has 0 saturated carbocycles. The first kappa shape index (κ1) is 16.1. The van der Waals surface area contributed by atoms with Crippen LogP contribution in [0.2, 0.25) is 5.02 Å². The summed E-state index contributed by atoms with van der Waals surface area (Å²) in [5.41, 5.74) is 7.22. The van der Waals surface area contributed by atoms with Gasteiger partial charge in [0.15, 0.2) is 11.5 Å². The van der Waals surface area contributed by atoms with Gasteiger partial charge < -0.3 is 15.2 Å². The lowest BCUT2D eigenvalue weighted by molar-refractivity contribution is 0.354. The molecule has 1 unspecified atom stereocenters. The summed E-state index contributed by atoms with van der Waals surface area (Å²) in [6, 6.07) is 7.23. The van der Waals surface area contributed by atoms with Crippen molar-refractivity contribution in [3.8, 4) is 11.5 Å². The van der Waals surface area contributed by atoms with Gasteiger partial charge in [-0.2, -0.15) is 0 Å². The van der Waals surface area contributed by atoms with Crippen LogP contribution in [-0.4, -0.2) is 14.2 Å². The fourth-order valence-electron chi connectivity index (χ4n) is 2.03. The number of nitrogens with two attached hydrogens (primary N) is 1. The van der Waals surface area contributed by atoms with Crippen LogP contribution in [0.3, 0.4) is 0 Å². The maximum atomic E-state index is 14.0. The molecule has 0 spiro atoms. The van der Waals surface area contributed by atoms with E-state index in [1.807, 2.05) is 0 Å². The van der Waals surface area contributed by atoms with E-state index in [1.54, 1.807) is 31.4 Å². The molecule has 2 aromatic carbocycles. The molecule has 6 heteroatoms. The van der Waals surface area contributed by atoms with E-state index in [-0.39, 0.29) is 0 Å². The Balaban J connectivity index is 2.50. The van der Waals surface area contributed by atoms with Gasteiger partial charge in [0.25, 0.3) is 0 Å². The molecule has 0 aliphatic carbocycles. The van der Waals surface area contributed by atoms with Crippen molar-refractivity contribution in [1.82, 2.24) is 0 Å². The number of methoxy groups -OCH3 is 2. The van der Waals surface area contributed by atoms with Gasteiger partial charge in [-0.1, -0.05) is 33.6 Å². The topological polar surface area (TPSA) is 44.5 Å². The van der Waals surface area contributed by atoms with Crippen molar-refractivity contribution >= 4 is 27.5 Å². The molecular weight excluding hydrogens is 361 g/mol. The Morgan fingerprint density at radius 2 is 1.71 bits per heavy atom. The summed E-state index contributed by atoms with van der Waals surface area (Å²) in [5.74, 6) is 0.647. The molecular formula is C15H14BrClFNO2. The van der Waals surface area contributed by atoms with Crippen molar-refractivity contribution in [2.45, 2.75) is 6.04 Å². The first-order chi connectivity index (χ1) is 9.97. The number of hydrogen-bond donors (Lipinski definition) is 1. The predicted octanol–water partition coefficient (Wildman–Crippen LogP) is 4.31. The lowest BCUT2D eigenvalue weighted by Crippen LogP contribution is -2.14. The van der Waals surface area contributed by atoms with E-state index in [0.29, 0.717) is 32.1 Å². The third-order valence-corrected chi connectivity index (χ3v) is 4.06. The lowest BCUT2D eigenvalue weighted by Gasteiger charge is -2.18. The SMILES string of the molecule is COc1cc(Br)c(C(N)c2ccc(Cl)cc2F)cc1OC. The van der Waals surface area contributed by atoms with Gasteiger partial charge in [-0.3, -0.25) is 0 Å². The van der Waals surface area contributed by atoms with Crippen molar-refractivity contribution < 1.29 is 13.9 Å². The van der Waals surface area contributed by atoms with Crippen LogP contribution in [-0.2, 0) is 0 Å². The molecule has 2 rings (SSSR count). The molecule has 2 aromatic rings. The molecule has 1 atom stereocenters. The quantitative estimate of drug-likeness (QED) is 0.867. The maximum Gasteiger partial charge on any atom is 0.161 e. The Bertz CT molecular complexity index is 666. The minimum absolute atomic E-state index is 0.329. The molecule has 0 radical (unpaired) electrons. The van der Waals surface area contributed by atoms with Crippen LogP contribution in [0.1, 0.15) is 17.2 Å². The molecule has 0 aromatic heterocycles. The second-order valence-electron chi connectivity index (χ2n) is 4.37. The molecule has 112 valence electrons. The first-order valence-electron chi connectivity index (χ1n) is 6.10. The normalized spacial score (nSPS) is 12.1. The van der Waals surface area contributed by atoms with Crippen molar-refractivity contribution in [2.75, 3.05) is 14.2 Å². The fraction of sp³-hybridized carbons (Fsp3) is 0.200. The molecule has 0 fully saturated rings. The van der Waals surface area contributed by atoms with Gasteiger partial charge >= 0.3 is 0 Å². The van der Waals surface area contributed by atoms with Crippen LogP contribution < -0.4 is 15.2 Å². The summed E-state index contributed by atoms with van der Waals surface area (Å²) in [7, 11) is 3.08. The van der Waals surface area contributed by atoms with Crippen molar-refractivity contribution in [3.05, 3.63) is 56.8 Å². The summed E-state index contributed by atoms with van der Waals surface area (Å²) in [5, 5.41) is 0.329. The van der Waals surface area contributed by atoms with Gasteiger partial charge in [0.2, 0.25) is 0 Å². The van der Waals surface area contributed by atoms with Gasteiger partial charge in [0.1, 0.15) is 5.82 Å². The van der Waals surface area contributed by atoms with Gasteiger partial charge in [-0.05, 0) is 29.8 Å². The van der Waals surface area contributed by atoms with Gasteiger partial charge in [0, 0.05) is 15.1 Å². The van der Waals surface area contributed by atoms with E-state index < -0.39 is 11.9 Å². The average molecular weight is 375 g/mol. The van der Waals surface area contributed by atoms with E-state index in [4.69, 9.17) is 26.8 Å². The minimum Gasteiger partial charge on any atom is -0.493 e. The lowest BCUT2D eigenvalue weighted by atomic mass is 9.98. The van der Waals surface area contributed by atoms with Crippen molar-refractivity contribution in [3.63, 3.8) is 0 Å². The molecule has 0 amide bonds. The van der Waals surface area contributed by atoms with Crippen molar-refractivity contribution in [1.29, 1.82) is 0 Å². The van der Waals surface area contributed by atoms with Crippen molar-refractivity contribution in [2.24, 2.45) is 5.73 Å². The highest BCUT2D eigenvalue weighted by Crippen LogP contribution is 2.37. The maximum absolute atomic E-state index is 14.0. The van der Waals surface area contributed by atoms with E-state index in [2.05, 4.69) is 15.9 Å². The summed E-state index contributed by atoms with van der Waals surface area (Å²) in [6.45, 7) is 0. The highest BCUT2D eigenvalue weighted by molar-refractivity contribution is 9.10. The highest BCUT2D eigenvalue weighted by atomic mass is 79.9. The predicted molar refractivity (Wildman–Crippen MR) is 84.7 cm³/mol. The highest BCUT2D eigenvalue weighted by Gasteiger charge is 2.19. The Morgan fingerprint density at radius 1 is 1.10 bits per heavy atom. The minimum atomic E-state index is -0.656. The zero-order valence-corrected chi connectivity index (χ0v) is 13.8. The third kappa shape index (κ3) is 3.31. The Hall–Kier alpha value is -1.30. The Morgan fingerprint density at radius 3 is 2.29 bits per heavy atom. The molecule has 21 heavy (non-hydrogen) atoms. The number of benzene rings is 2. The zero-order valence-electron chi connectivity index (χ0n) is 11.5. The number of ether oxygens (including phenoxy) is 2. The van der Waals surface area contributed by atoms with E-state index in [0.717, 1.165) is 0 Å². The van der Waals surface area contributed by atoms with Gasteiger partial charge in [-0.15, -0.1) is 0 Å². The Labute approximate surface area is 135 Å². The van der Waals surface area contributed by atoms with Crippen LogP contribution in [0, 0.1) is 5.82 Å². The summed E-state index contributed by atoms with van der Waals surface area (Å²) >= 11 is 9.18. The molecule has 3 nitrogen and oxygen atoms in total. The number of hydrogen-bond acceptors (Lipinski definition) is 3. The van der Waals surface area contributed by atoms with E-state index in [1.165, 1.54) is 13.2 Å². The standard InChI is InChI=1S/C15H14BrClFNO2/c1-20-13-6-10(11(16)7-14(13)21-2)15(19)9-4-3-8(17)5-12(9)18/h3-7,15H,19H2,1-2H3. The molecule has 0 bridgehead atoms. The summed E-state index contributed by atoms with van der Waals surface area (Å²) in [6.07, 6.45) is 0. The average Bonchev–Trinajstić information content (AvgIpc) is 2.46. The first-order valence-corrected chi connectivity index (χ1v) is 7.27. The van der Waals surface area contributed by atoms with Crippen LogP contribution in [0.5, 0.6) is 11.5 Å². The van der Waals surface area contributed by atoms with E-state index >= 15 is 0 Å². The fourth-order valence-corrected chi connectivity index (χ4v) is 2.76. The van der Waals surface area contributed by atoms with Crippen LogP contribution in [0.25, 0.3) is 0 Å². The molecule has 2 N–H and O–H groups in total. The summed E-state index contributed by atoms with van der Waals surface area (Å²) in [4.78, 5) is 0. The second kappa shape index (κ2) is 6.64. The summed E-state index contributed by atoms with van der Waals surface area (Å²) < 4.78 is 25.2. The molecule has 0 saturated heterocycles. The van der Waals surface area contributed by atoms with Gasteiger partial charge in [0.05, 0.1) is 20.3 Å². The zero-order chi connectivity index (χ0) is 15.6. The van der Waals surface area contributed by atoms with Crippen LogP contribution in [0.15, 0.2) is 34.8 Å².